The second-order valence-electron chi connectivity index (χ2n) is 5.19. The molecule has 0 saturated carbocycles. The van der Waals surface area contributed by atoms with E-state index < -0.39 is 0 Å². The van der Waals surface area contributed by atoms with Crippen LogP contribution >= 0.6 is 23.9 Å². The van der Waals surface area contributed by atoms with Gasteiger partial charge >= 0.3 is 0 Å². The molecule has 5 nitrogen and oxygen atoms in total. The van der Waals surface area contributed by atoms with E-state index in [9.17, 15) is 0 Å². The van der Waals surface area contributed by atoms with Gasteiger partial charge in [0.2, 0.25) is 12.3 Å². The van der Waals surface area contributed by atoms with Crippen molar-refractivity contribution >= 4 is 23.9 Å². The van der Waals surface area contributed by atoms with Crippen LogP contribution in [0.5, 0.6) is 11.5 Å². The molecular formula is C19H17ClN2O3S. The van der Waals surface area contributed by atoms with Gasteiger partial charge in [-0.2, -0.15) is 0 Å². The molecule has 0 amide bonds. The van der Waals surface area contributed by atoms with Crippen LogP contribution in [-0.2, 0) is 10.8 Å². The Bertz CT molecular complexity index is 849. The van der Waals surface area contributed by atoms with Crippen molar-refractivity contribution in [1.29, 1.82) is 0 Å². The number of rotatable bonds is 8. The zero-order valence-electron chi connectivity index (χ0n) is 14.1. The zero-order valence-corrected chi connectivity index (χ0v) is 15.7. The van der Waals surface area contributed by atoms with Crippen LogP contribution in [0.15, 0.2) is 60.9 Å². The van der Waals surface area contributed by atoms with Crippen LogP contribution in [0.1, 0.15) is 12.5 Å². The van der Waals surface area contributed by atoms with E-state index in [-0.39, 0.29) is 0 Å². The first-order valence-electron chi connectivity index (χ1n) is 8.01. The Morgan fingerprint density at radius 1 is 1.04 bits per heavy atom. The minimum Gasteiger partial charge on any atom is -0.488 e. The number of nitrogens with zero attached hydrogens (tertiary/aromatic N) is 2. The molecule has 0 fully saturated rings. The fourth-order valence-electron chi connectivity index (χ4n) is 2.21. The van der Waals surface area contributed by atoms with E-state index in [0.29, 0.717) is 41.1 Å². The number of hydrogen-bond acceptors (Lipinski definition) is 6. The Balaban J connectivity index is 1.88. The van der Waals surface area contributed by atoms with Crippen molar-refractivity contribution in [3.05, 3.63) is 71.6 Å². The molecule has 0 bridgehead atoms. The summed E-state index contributed by atoms with van der Waals surface area (Å²) in [4.78, 5) is 8.58. The van der Waals surface area contributed by atoms with Crippen molar-refractivity contribution in [2.45, 2.75) is 13.5 Å². The maximum Gasteiger partial charge on any atom is 0.225 e. The minimum absolute atomic E-state index is 0.346. The molecule has 134 valence electrons. The van der Waals surface area contributed by atoms with Crippen LogP contribution < -0.4 is 8.92 Å². The van der Waals surface area contributed by atoms with E-state index in [0.717, 1.165) is 17.9 Å². The molecule has 0 atom stereocenters. The van der Waals surface area contributed by atoms with Gasteiger partial charge in [0.25, 0.3) is 0 Å². The predicted octanol–water partition coefficient (Wildman–Crippen LogP) is 5.35. The lowest BCUT2D eigenvalue weighted by Crippen LogP contribution is -1.99. The normalized spacial score (nSPS) is 10.5. The van der Waals surface area contributed by atoms with Crippen molar-refractivity contribution in [2.24, 2.45) is 0 Å². The van der Waals surface area contributed by atoms with Gasteiger partial charge in [-0.3, -0.25) is 9.17 Å². The Hall–Kier alpha value is -2.28. The molecule has 0 spiro atoms. The lowest BCUT2D eigenvalue weighted by atomic mass is 10.1. The number of benzene rings is 1. The standard InChI is InChI=1S/C19H17ClN2O3S/c1-2-24-26-25-16-9-6-10-21-19(16)15-12-22-18(20)11-17(15)23-13-14-7-4-3-5-8-14/h3-12H,2,13H2,1H3. The highest BCUT2D eigenvalue weighted by Crippen LogP contribution is 2.36. The molecule has 0 N–H and O–H groups in total. The first kappa shape index (κ1) is 18.5. The maximum absolute atomic E-state index is 6.06. The Kier molecular flexibility index (Phi) is 6.71. The minimum atomic E-state index is 0.346. The number of ether oxygens (including phenoxy) is 1. The first-order chi connectivity index (χ1) is 12.8. The van der Waals surface area contributed by atoms with Crippen molar-refractivity contribution in [1.82, 2.24) is 9.97 Å². The highest BCUT2D eigenvalue weighted by atomic mass is 35.5. The Labute approximate surface area is 161 Å². The van der Waals surface area contributed by atoms with E-state index in [1.54, 1.807) is 24.5 Å². The molecular weight excluding hydrogens is 372 g/mol. The first-order valence-corrected chi connectivity index (χ1v) is 9.06. The van der Waals surface area contributed by atoms with Gasteiger partial charge in [0, 0.05) is 18.5 Å². The molecule has 2 aromatic heterocycles. The molecule has 3 aromatic rings. The van der Waals surface area contributed by atoms with Crippen molar-refractivity contribution in [2.75, 3.05) is 6.61 Å². The molecule has 3 rings (SSSR count). The van der Waals surface area contributed by atoms with Gasteiger partial charge in [-0.25, -0.2) is 4.98 Å². The van der Waals surface area contributed by atoms with Crippen LogP contribution in [-0.4, -0.2) is 16.6 Å². The monoisotopic (exact) mass is 388 g/mol. The molecule has 0 aliphatic heterocycles. The summed E-state index contributed by atoms with van der Waals surface area (Å²) in [6, 6.07) is 15.2. The fourth-order valence-corrected chi connectivity index (χ4v) is 2.71. The van der Waals surface area contributed by atoms with Gasteiger partial charge < -0.3 is 8.92 Å². The van der Waals surface area contributed by atoms with Crippen LogP contribution in [0.4, 0.5) is 0 Å². The van der Waals surface area contributed by atoms with Gasteiger partial charge in [0.1, 0.15) is 23.2 Å². The summed E-state index contributed by atoms with van der Waals surface area (Å²) in [6.07, 6.45) is 3.31. The summed E-state index contributed by atoms with van der Waals surface area (Å²) >= 11 is 6.97. The third-order valence-electron chi connectivity index (χ3n) is 3.39. The van der Waals surface area contributed by atoms with Crippen molar-refractivity contribution in [3.8, 4) is 22.8 Å². The molecule has 7 heteroatoms. The lowest BCUT2D eigenvalue weighted by molar-refractivity contribution is 0.307. The van der Waals surface area contributed by atoms with Gasteiger partial charge in [-0.05, 0) is 24.6 Å². The summed E-state index contributed by atoms with van der Waals surface area (Å²) < 4.78 is 16.8. The highest BCUT2D eigenvalue weighted by Gasteiger charge is 2.15. The van der Waals surface area contributed by atoms with E-state index >= 15 is 0 Å². The summed E-state index contributed by atoms with van der Waals surface area (Å²) in [5.74, 6) is 1.14. The molecule has 0 aliphatic rings. The molecule has 0 radical (unpaired) electrons. The number of hydrogen-bond donors (Lipinski definition) is 0. The summed E-state index contributed by atoms with van der Waals surface area (Å²) in [6.45, 7) is 2.83. The molecule has 1 aromatic carbocycles. The highest BCUT2D eigenvalue weighted by molar-refractivity contribution is 7.90. The molecule has 26 heavy (non-hydrogen) atoms. The average molecular weight is 389 g/mol. The summed E-state index contributed by atoms with van der Waals surface area (Å²) in [5.41, 5.74) is 2.35. The third-order valence-corrected chi connectivity index (χ3v) is 4.17. The van der Waals surface area contributed by atoms with Crippen LogP contribution in [0.2, 0.25) is 5.15 Å². The van der Waals surface area contributed by atoms with Gasteiger partial charge in [-0.1, -0.05) is 41.9 Å². The summed E-state index contributed by atoms with van der Waals surface area (Å²) in [7, 11) is 0. The Morgan fingerprint density at radius 3 is 2.69 bits per heavy atom. The molecule has 0 unspecified atom stereocenters. The molecule has 2 heterocycles. The van der Waals surface area contributed by atoms with Crippen molar-refractivity contribution in [3.63, 3.8) is 0 Å². The molecule has 0 aliphatic carbocycles. The quantitative estimate of drug-likeness (QED) is 0.294. The van der Waals surface area contributed by atoms with Crippen LogP contribution in [0, 0.1) is 0 Å². The second kappa shape index (κ2) is 9.43. The number of pyridine rings is 2. The SMILES string of the molecule is CCOSOc1cccnc1-c1cnc(Cl)cc1OCc1ccccc1. The van der Waals surface area contributed by atoms with Gasteiger partial charge in [0.05, 0.1) is 12.2 Å². The maximum atomic E-state index is 6.06. The van der Waals surface area contributed by atoms with Gasteiger partial charge in [-0.15, -0.1) is 0 Å². The van der Waals surface area contributed by atoms with Crippen molar-refractivity contribution < 1.29 is 13.1 Å². The summed E-state index contributed by atoms with van der Waals surface area (Å²) in [5, 5.41) is 0.346. The van der Waals surface area contributed by atoms with Crippen LogP contribution in [0.25, 0.3) is 11.3 Å². The van der Waals surface area contributed by atoms with E-state index in [1.807, 2.05) is 43.3 Å². The van der Waals surface area contributed by atoms with E-state index in [4.69, 9.17) is 24.7 Å². The molecule has 0 saturated heterocycles. The zero-order chi connectivity index (χ0) is 18.2. The number of halogens is 1. The van der Waals surface area contributed by atoms with Gasteiger partial charge in [0.15, 0.2) is 5.75 Å². The largest absolute Gasteiger partial charge is 0.488 e. The van der Waals surface area contributed by atoms with Crippen LogP contribution in [0.3, 0.4) is 0 Å². The predicted molar refractivity (Wildman–Crippen MR) is 103 cm³/mol. The average Bonchev–Trinajstić information content (AvgIpc) is 2.68. The second-order valence-corrected chi connectivity index (χ2v) is 6.11. The topological polar surface area (TPSA) is 53.5 Å². The fraction of sp³-hybridized carbons (Fsp3) is 0.158. The lowest BCUT2D eigenvalue weighted by Gasteiger charge is -2.13. The van der Waals surface area contributed by atoms with E-state index in [1.165, 1.54) is 0 Å². The smallest absolute Gasteiger partial charge is 0.225 e. The Morgan fingerprint density at radius 2 is 1.88 bits per heavy atom. The third kappa shape index (κ3) is 4.88. The number of aromatic nitrogens is 2. The van der Waals surface area contributed by atoms with E-state index in [2.05, 4.69) is 9.97 Å².